The van der Waals surface area contributed by atoms with E-state index in [1.54, 1.807) is 24.3 Å². The summed E-state index contributed by atoms with van der Waals surface area (Å²) >= 11 is 5.82. The van der Waals surface area contributed by atoms with Gasteiger partial charge in [0.2, 0.25) is 0 Å². The Morgan fingerprint density at radius 1 is 1.29 bits per heavy atom. The molecule has 1 aromatic heterocycles. The fraction of sp³-hybridized carbons (Fsp3) is 0.250. The second-order valence-corrected chi connectivity index (χ2v) is 5.38. The van der Waals surface area contributed by atoms with Crippen molar-refractivity contribution in [2.24, 2.45) is 0 Å². The summed E-state index contributed by atoms with van der Waals surface area (Å²) in [5.41, 5.74) is 0. The number of hydrogen-bond donors (Lipinski definition) is 0. The largest absolute Gasteiger partial charge is 0.481 e. The summed E-state index contributed by atoms with van der Waals surface area (Å²) in [7, 11) is 0. The Balaban J connectivity index is 2.20. The van der Waals surface area contributed by atoms with E-state index in [-0.39, 0.29) is 11.6 Å². The highest BCUT2D eigenvalue weighted by Gasteiger charge is 2.36. The second kappa shape index (κ2) is 7.53. The lowest BCUT2D eigenvalue weighted by molar-refractivity contribution is -0.136. The van der Waals surface area contributed by atoms with Gasteiger partial charge in [0.1, 0.15) is 18.1 Å². The van der Waals surface area contributed by atoms with Crippen LogP contribution in [0.2, 0.25) is 5.02 Å². The molecular weight excluding hydrogens is 345 g/mol. The van der Waals surface area contributed by atoms with E-state index in [9.17, 15) is 18.0 Å². The van der Waals surface area contributed by atoms with Crippen LogP contribution in [0.25, 0.3) is 0 Å². The van der Waals surface area contributed by atoms with Gasteiger partial charge in [0, 0.05) is 11.2 Å². The van der Waals surface area contributed by atoms with Crippen molar-refractivity contribution in [3.8, 4) is 5.75 Å². The van der Waals surface area contributed by atoms with E-state index in [2.05, 4.69) is 4.98 Å². The number of benzene rings is 1. The zero-order chi connectivity index (χ0) is 17.7. The average Bonchev–Trinajstić information content (AvgIpc) is 2.52. The molecule has 0 fully saturated rings. The molecule has 1 heterocycles. The van der Waals surface area contributed by atoms with Crippen LogP contribution < -0.4 is 9.64 Å². The summed E-state index contributed by atoms with van der Waals surface area (Å²) in [6.45, 7) is -0.0817. The molecule has 0 N–H and O–H groups in total. The molecule has 24 heavy (non-hydrogen) atoms. The normalized spacial score (nSPS) is 12.5. The zero-order valence-corrected chi connectivity index (χ0v) is 13.4. The first-order valence-corrected chi connectivity index (χ1v) is 7.35. The third-order valence-corrected chi connectivity index (χ3v) is 3.22. The molecule has 1 atom stereocenters. The van der Waals surface area contributed by atoms with Crippen LogP contribution in [0.4, 0.5) is 19.0 Å². The molecule has 0 radical (unpaired) electrons. The fourth-order valence-electron chi connectivity index (χ4n) is 1.98. The van der Waals surface area contributed by atoms with E-state index < -0.39 is 24.7 Å². The monoisotopic (exact) mass is 358 g/mol. The predicted octanol–water partition coefficient (Wildman–Crippen LogP) is 4.10. The third-order valence-electron chi connectivity index (χ3n) is 2.99. The first-order chi connectivity index (χ1) is 11.3. The van der Waals surface area contributed by atoms with Crippen molar-refractivity contribution in [3.05, 3.63) is 53.7 Å². The highest BCUT2D eigenvalue weighted by molar-refractivity contribution is 6.30. The van der Waals surface area contributed by atoms with Crippen molar-refractivity contribution in [3.63, 3.8) is 0 Å². The van der Waals surface area contributed by atoms with Gasteiger partial charge in [0.15, 0.2) is 6.10 Å². The quantitative estimate of drug-likeness (QED) is 0.808. The fourth-order valence-corrected chi connectivity index (χ4v) is 2.16. The molecule has 0 aliphatic rings. The van der Waals surface area contributed by atoms with Crippen LogP contribution >= 0.6 is 11.6 Å². The Morgan fingerprint density at radius 2 is 2.04 bits per heavy atom. The lowest BCUT2D eigenvalue weighted by Crippen LogP contribution is -2.45. The van der Waals surface area contributed by atoms with Crippen LogP contribution in [0.1, 0.15) is 6.92 Å². The molecular formula is C16H14ClF3N2O2. The minimum absolute atomic E-state index is 0.0960. The molecule has 1 amide bonds. The Bertz CT molecular complexity index is 695. The van der Waals surface area contributed by atoms with Crippen LogP contribution in [0.5, 0.6) is 5.75 Å². The van der Waals surface area contributed by atoms with Gasteiger partial charge in [-0.2, -0.15) is 13.2 Å². The lowest BCUT2D eigenvalue weighted by atomic mass is 10.3. The van der Waals surface area contributed by atoms with Crippen molar-refractivity contribution in [1.29, 1.82) is 0 Å². The highest BCUT2D eigenvalue weighted by Crippen LogP contribution is 2.23. The highest BCUT2D eigenvalue weighted by atomic mass is 35.5. The molecule has 0 saturated heterocycles. The molecule has 0 saturated carbocycles. The van der Waals surface area contributed by atoms with Gasteiger partial charge >= 0.3 is 6.18 Å². The number of aromatic nitrogens is 1. The first kappa shape index (κ1) is 18.1. The lowest BCUT2D eigenvalue weighted by Gasteiger charge is -2.26. The Hall–Kier alpha value is -2.28. The Kier molecular flexibility index (Phi) is 5.66. The van der Waals surface area contributed by atoms with E-state index in [4.69, 9.17) is 16.3 Å². The van der Waals surface area contributed by atoms with Gasteiger partial charge in [-0.15, -0.1) is 0 Å². The third kappa shape index (κ3) is 5.13. The van der Waals surface area contributed by atoms with Crippen LogP contribution in [-0.4, -0.2) is 29.7 Å². The summed E-state index contributed by atoms with van der Waals surface area (Å²) in [5.74, 6) is -0.663. The molecule has 0 aliphatic carbocycles. The maximum absolute atomic E-state index is 12.8. The van der Waals surface area contributed by atoms with Gasteiger partial charge in [-0.1, -0.05) is 23.7 Å². The standard InChI is InChI=1S/C16H14ClF3N2O2/c1-11(24-13-6-4-5-12(17)9-13)15(23)22(10-16(18,19)20)14-7-2-3-8-21-14/h2-9,11H,10H2,1H3. The van der Waals surface area contributed by atoms with Gasteiger partial charge in [0.25, 0.3) is 5.91 Å². The number of amides is 1. The van der Waals surface area contributed by atoms with E-state index in [0.717, 1.165) is 0 Å². The second-order valence-electron chi connectivity index (χ2n) is 4.94. The van der Waals surface area contributed by atoms with Crippen LogP contribution in [0.3, 0.4) is 0 Å². The van der Waals surface area contributed by atoms with E-state index in [0.29, 0.717) is 9.92 Å². The number of pyridine rings is 1. The van der Waals surface area contributed by atoms with Gasteiger partial charge in [0.05, 0.1) is 0 Å². The van der Waals surface area contributed by atoms with Crippen LogP contribution in [0.15, 0.2) is 48.7 Å². The molecule has 0 spiro atoms. The SMILES string of the molecule is CC(Oc1cccc(Cl)c1)C(=O)N(CC(F)(F)F)c1ccccn1. The summed E-state index contributed by atoms with van der Waals surface area (Å²) in [5, 5.41) is 0.393. The first-order valence-electron chi connectivity index (χ1n) is 6.97. The molecule has 128 valence electrons. The molecule has 0 aliphatic heterocycles. The molecule has 1 aromatic carbocycles. The van der Waals surface area contributed by atoms with Crippen molar-refractivity contribution in [2.45, 2.75) is 19.2 Å². The number of hydrogen-bond acceptors (Lipinski definition) is 3. The topological polar surface area (TPSA) is 42.4 Å². The number of anilines is 1. The van der Waals surface area contributed by atoms with Crippen molar-refractivity contribution in [2.75, 3.05) is 11.4 Å². The average molecular weight is 359 g/mol. The summed E-state index contributed by atoms with van der Waals surface area (Å²) in [4.78, 5) is 16.8. The summed E-state index contributed by atoms with van der Waals surface area (Å²) < 4.78 is 43.8. The molecule has 2 aromatic rings. The maximum Gasteiger partial charge on any atom is 0.406 e. The van der Waals surface area contributed by atoms with E-state index in [1.807, 2.05) is 0 Å². The predicted molar refractivity (Wildman–Crippen MR) is 84.2 cm³/mol. The zero-order valence-electron chi connectivity index (χ0n) is 12.6. The van der Waals surface area contributed by atoms with E-state index >= 15 is 0 Å². The van der Waals surface area contributed by atoms with Crippen molar-refractivity contribution >= 4 is 23.3 Å². The number of carbonyl (C=O) groups excluding carboxylic acids is 1. The number of alkyl halides is 3. The van der Waals surface area contributed by atoms with Gasteiger partial charge in [-0.25, -0.2) is 4.98 Å². The smallest absolute Gasteiger partial charge is 0.406 e. The minimum Gasteiger partial charge on any atom is -0.481 e. The molecule has 4 nitrogen and oxygen atoms in total. The van der Waals surface area contributed by atoms with Crippen molar-refractivity contribution < 1.29 is 22.7 Å². The van der Waals surface area contributed by atoms with Gasteiger partial charge in [-0.05, 0) is 37.3 Å². The number of carbonyl (C=O) groups is 1. The Labute approximate surface area is 141 Å². The number of ether oxygens (including phenoxy) is 1. The number of rotatable bonds is 5. The minimum atomic E-state index is -4.57. The molecule has 0 bridgehead atoms. The molecule has 1 unspecified atom stereocenters. The van der Waals surface area contributed by atoms with Crippen molar-refractivity contribution in [1.82, 2.24) is 4.98 Å². The maximum atomic E-state index is 12.8. The summed E-state index contributed by atoms with van der Waals surface area (Å²) in [6, 6.07) is 10.6. The summed E-state index contributed by atoms with van der Waals surface area (Å²) in [6.07, 6.45) is -4.40. The van der Waals surface area contributed by atoms with Gasteiger partial charge in [-0.3, -0.25) is 9.69 Å². The number of nitrogens with zero attached hydrogens (tertiary/aromatic N) is 2. The van der Waals surface area contributed by atoms with Crippen LogP contribution in [0, 0.1) is 0 Å². The van der Waals surface area contributed by atoms with E-state index in [1.165, 1.54) is 31.3 Å². The number of halogens is 4. The van der Waals surface area contributed by atoms with Crippen LogP contribution in [-0.2, 0) is 4.79 Å². The Morgan fingerprint density at radius 3 is 2.62 bits per heavy atom. The molecule has 2 rings (SSSR count). The van der Waals surface area contributed by atoms with Gasteiger partial charge < -0.3 is 4.74 Å². The molecule has 8 heteroatoms.